The highest BCUT2D eigenvalue weighted by Gasteiger charge is 2.25. The van der Waals surface area contributed by atoms with E-state index in [-0.39, 0.29) is 34.7 Å². The molecule has 0 aliphatic carbocycles. The molecule has 36 heavy (non-hydrogen) atoms. The predicted molar refractivity (Wildman–Crippen MR) is 148 cm³/mol. The lowest BCUT2D eigenvalue weighted by Gasteiger charge is -2.14. The fraction of sp³-hybridized carbons (Fsp3) is 0.120. The van der Waals surface area contributed by atoms with Crippen LogP contribution in [0.2, 0.25) is 5.02 Å². The number of nitro groups is 1. The van der Waals surface area contributed by atoms with E-state index in [1.54, 1.807) is 30.3 Å². The van der Waals surface area contributed by atoms with Crippen molar-refractivity contribution < 1.29 is 23.9 Å². The number of halogens is 3. The number of aliphatic imine (C=N–C) groups is 1. The molecule has 3 aromatic carbocycles. The van der Waals surface area contributed by atoms with E-state index in [2.05, 4.69) is 43.5 Å². The molecule has 0 saturated carbocycles. The third kappa shape index (κ3) is 6.05. The first-order valence-corrected chi connectivity index (χ1v) is 12.8. The van der Waals surface area contributed by atoms with Crippen LogP contribution in [0.4, 0.5) is 5.69 Å². The van der Waals surface area contributed by atoms with Gasteiger partial charge in [0.25, 0.3) is 5.69 Å². The average Bonchev–Trinajstić information content (AvgIpc) is 3.20. The number of benzene rings is 3. The predicted octanol–water partition coefficient (Wildman–Crippen LogP) is 6.94. The van der Waals surface area contributed by atoms with Crippen LogP contribution in [0.5, 0.6) is 11.5 Å². The number of rotatable bonds is 8. The van der Waals surface area contributed by atoms with E-state index in [1.807, 2.05) is 25.1 Å². The van der Waals surface area contributed by atoms with Crippen molar-refractivity contribution in [1.29, 1.82) is 0 Å². The molecular formula is C25H17BrClIN2O6. The molecule has 3 aromatic rings. The maximum Gasteiger partial charge on any atom is 0.363 e. The molecule has 0 aromatic heterocycles. The summed E-state index contributed by atoms with van der Waals surface area (Å²) in [5, 5.41) is 11.3. The van der Waals surface area contributed by atoms with Crippen LogP contribution in [0.3, 0.4) is 0 Å². The monoisotopic (exact) mass is 682 g/mol. The lowest BCUT2D eigenvalue weighted by molar-refractivity contribution is -0.384. The zero-order valence-electron chi connectivity index (χ0n) is 18.7. The van der Waals surface area contributed by atoms with Crippen molar-refractivity contribution in [2.45, 2.75) is 13.5 Å². The molecule has 0 fully saturated rings. The van der Waals surface area contributed by atoms with Crippen molar-refractivity contribution >= 4 is 73.8 Å². The molecule has 0 radical (unpaired) electrons. The van der Waals surface area contributed by atoms with Crippen molar-refractivity contribution in [2.24, 2.45) is 4.99 Å². The summed E-state index contributed by atoms with van der Waals surface area (Å²) in [5.74, 6) is 0.268. The molecule has 184 valence electrons. The number of hydrogen-bond donors (Lipinski definition) is 0. The molecule has 4 rings (SSSR count). The van der Waals surface area contributed by atoms with Crippen molar-refractivity contribution in [3.05, 3.63) is 100 Å². The SMILES string of the molecule is CCOc1cc(/C=C2\N=C(c3ccc(I)c(Br)c3)OC2=O)cc(Cl)c1OCc1cccc([N+](=O)[O-])c1. The van der Waals surface area contributed by atoms with Gasteiger partial charge in [-0.2, -0.15) is 0 Å². The van der Waals surface area contributed by atoms with Gasteiger partial charge in [-0.05, 0) is 93.0 Å². The van der Waals surface area contributed by atoms with Gasteiger partial charge in [-0.3, -0.25) is 10.1 Å². The van der Waals surface area contributed by atoms with E-state index in [0.717, 1.165) is 8.04 Å². The van der Waals surface area contributed by atoms with Gasteiger partial charge in [0.15, 0.2) is 17.2 Å². The van der Waals surface area contributed by atoms with Crippen molar-refractivity contribution in [3.63, 3.8) is 0 Å². The molecule has 0 spiro atoms. The standard InChI is InChI=1S/C25H17BrClIN2O6/c1-2-34-22-11-15(9-19(27)23(22)35-13-14-4-3-5-17(8-14)30(32)33)10-21-25(31)36-24(29-21)16-6-7-20(28)18(26)12-16/h3-12H,2,13H2,1H3/b21-10-. The van der Waals surface area contributed by atoms with Crippen LogP contribution in [0.25, 0.3) is 6.08 Å². The fourth-order valence-corrected chi connectivity index (χ4v) is 4.30. The minimum absolute atomic E-state index is 0.0322. The Morgan fingerprint density at radius 1 is 1.19 bits per heavy atom. The maximum absolute atomic E-state index is 12.5. The van der Waals surface area contributed by atoms with Crippen molar-refractivity contribution in [1.82, 2.24) is 0 Å². The summed E-state index contributed by atoms with van der Waals surface area (Å²) in [6.07, 6.45) is 1.55. The first kappa shape index (κ1) is 26.1. The Hall–Kier alpha value is -2.96. The third-order valence-corrected chi connectivity index (χ3v) is 7.55. The van der Waals surface area contributed by atoms with Gasteiger partial charge in [0, 0.05) is 25.7 Å². The molecule has 1 heterocycles. The Morgan fingerprint density at radius 3 is 2.72 bits per heavy atom. The normalized spacial score (nSPS) is 13.9. The number of non-ortho nitro benzene ring substituents is 1. The van der Waals surface area contributed by atoms with E-state index < -0.39 is 10.9 Å². The number of esters is 1. The number of nitrogens with zero attached hydrogens (tertiary/aromatic N) is 2. The van der Waals surface area contributed by atoms with Gasteiger partial charge in [0.05, 0.1) is 16.6 Å². The number of ether oxygens (including phenoxy) is 3. The molecular weight excluding hydrogens is 667 g/mol. The average molecular weight is 684 g/mol. The van der Waals surface area contributed by atoms with Crippen LogP contribution >= 0.6 is 50.1 Å². The van der Waals surface area contributed by atoms with Gasteiger partial charge in [0.1, 0.15) is 6.61 Å². The highest BCUT2D eigenvalue weighted by molar-refractivity contribution is 14.1. The summed E-state index contributed by atoms with van der Waals surface area (Å²) in [7, 11) is 0. The van der Waals surface area contributed by atoms with Gasteiger partial charge in [-0.15, -0.1) is 0 Å². The van der Waals surface area contributed by atoms with Gasteiger partial charge < -0.3 is 14.2 Å². The van der Waals surface area contributed by atoms with Gasteiger partial charge in [-0.25, -0.2) is 9.79 Å². The second-order valence-electron chi connectivity index (χ2n) is 7.44. The number of cyclic esters (lactones) is 1. The molecule has 8 nitrogen and oxygen atoms in total. The van der Waals surface area contributed by atoms with Gasteiger partial charge in [0.2, 0.25) is 5.90 Å². The molecule has 1 aliphatic rings. The molecule has 11 heteroatoms. The number of hydrogen-bond acceptors (Lipinski definition) is 7. The number of nitro benzene ring substituents is 1. The topological polar surface area (TPSA) is 100 Å². The van der Waals surface area contributed by atoms with Crippen LogP contribution in [0.1, 0.15) is 23.6 Å². The molecule has 0 amide bonds. The second-order valence-corrected chi connectivity index (χ2v) is 9.87. The number of carbonyl (C=O) groups is 1. The van der Waals surface area contributed by atoms with Crippen LogP contribution < -0.4 is 9.47 Å². The summed E-state index contributed by atoms with van der Waals surface area (Å²) in [4.78, 5) is 27.4. The van der Waals surface area contributed by atoms with E-state index in [9.17, 15) is 14.9 Å². The Kier molecular flexibility index (Phi) is 8.27. The second kappa shape index (κ2) is 11.4. The Labute approximate surface area is 233 Å². The zero-order chi connectivity index (χ0) is 25.8. The largest absolute Gasteiger partial charge is 0.490 e. The van der Waals surface area contributed by atoms with Crippen LogP contribution in [-0.2, 0) is 16.1 Å². The molecule has 1 aliphatic heterocycles. The first-order chi connectivity index (χ1) is 17.2. The van der Waals surface area contributed by atoms with E-state index in [4.69, 9.17) is 25.8 Å². The van der Waals surface area contributed by atoms with Gasteiger partial charge >= 0.3 is 5.97 Å². The summed E-state index contributed by atoms with van der Waals surface area (Å²) in [5.41, 5.74) is 1.91. The highest BCUT2D eigenvalue weighted by Crippen LogP contribution is 2.38. The van der Waals surface area contributed by atoms with Crippen LogP contribution in [0.15, 0.2) is 69.8 Å². The summed E-state index contributed by atoms with van der Waals surface area (Å²) in [6, 6.07) is 15.0. The summed E-state index contributed by atoms with van der Waals surface area (Å²) >= 11 is 12.1. The quantitative estimate of drug-likeness (QED) is 0.0839. The summed E-state index contributed by atoms with van der Waals surface area (Å²) in [6.45, 7) is 2.20. The first-order valence-electron chi connectivity index (χ1n) is 10.6. The van der Waals surface area contributed by atoms with Crippen molar-refractivity contribution in [2.75, 3.05) is 6.61 Å². The van der Waals surface area contributed by atoms with E-state index >= 15 is 0 Å². The van der Waals surface area contributed by atoms with E-state index in [0.29, 0.717) is 29.0 Å². The molecule has 0 bridgehead atoms. The maximum atomic E-state index is 12.5. The van der Waals surface area contributed by atoms with E-state index in [1.165, 1.54) is 12.1 Å². The fourth-order valence-electron chi connectivity index (χ4n) is 3.31. The smallest absolute Gasteiger partial charge is 0.363 e. The molecule has 0 unspecified atom stereocenters. The molecule has 0 atom stereocenters. The van der Waals surface area contributed by atoms with Crippen LogP contribution in [0, 0.1) is 13.7 Å². The van der Waals surface area contributed by atoms with Gasteiger partial charge in [-0.1, -0.05) is 23.7 Å². The minimum Gasteiger partial charge on any atom is -0.490 e. The Morgan fingerprint density at radius 2 is 2.00 bits per heavy atom. The lowest BCUT2D eigenvalue weighted by atomic mass is 10.1. The minimum atomic E-state index is -0.584. The number of carbonyl (C=O) groups excluding carboxylic acids is 1. The van der Waals surface area contributed by atoms with Crippen molar-refractivity contribution in [3.8, 4) is 11.5 Å². The third-order valence-electron chi connectivity index (χ3n) is 4.93. The highest BCUT2D eigenvalue weighted by atomic mass is 127. The zero-order valence-corrected chi connectivity index (χ0v) is 23.2. The van der Waals surface area contributed by atoms with Crippen LogP contribution in [-0.4, -0.2) is 23.4 Å². The molecule has 0 N–H and O–H groups in total. The Balaban J connectivity index is 1.60. The summed E-state index contributed by atoms with van der Waals surface area (Å²) < 4.78 is 18.8. The Bertz CT molecular complexity index is 1430. The molecule has 0 saturated heterocycles. The lowest BCUT2D eigenvalue weighted by Crippen LogP contribution is -2.05.